The Morgan fingerprint density at radius 2 is 1.84 bits per heavy atom. The summed E-state index contributed by atoms with van der Waals surface area (Å²) in [7, 11) is -3.97. The minimum Gasteiger partial charge on any atom is -0.237 e. The summed E-state index contributed by atoms with van der Waals surface area (Å²) < 4.78 is 38.7. The fourth-order valence-electron chi connectivity index (χ4n) is 1.54. The first-order chi connectivity index (χ1) is 8.94. The van der Waals surface area contributed by atoms with Gasteiger partial charge in [0.1, 0.15) is 6.33 Å². The molecule has 0 saturated heterocycles. The van der Waals surface area contributed by atoms with Crippen molar-refractivity contribution in [1.29, 1.82) is 0 Å². The lowest BCUT2D eigenvalue weighted by Crippen LogP contribution is -2.10. The molecule has 100 valence electrons. The number of hydrogen-bond acceptors (Lipinski definition) is 4. The largest absolute Gasteiger partial charge is 0.237 e. The monoisotopic (exact) mass is 344 g/mol. The highest BCUT2D eigenvalue weighted by Gasteiger charge is 2.26. The number of benzene rings is 1. The first-order valence-corrected chi connectivity index (χ1v) is 7.79. The molecule has 1 aromatic heterocycles. The average Bonchev–Trinajstić information content (AvgIpc) is 2.39. The van der Waals surface area contributed by atoms with Gasteiger partial charge in [0, 0.05) is 0 Å². The molecule has 1 atom stereocenters. The number of nitrogens with zero attached hydrogens (tertiary/aromatic N) is 2. The number of alkyl halides is 1. The molecule has 1 unspecified atom stereocenters. The fourth-order valence-corrected chi connectivity index (χ4v) is 3.13. The molecule has 1 heterocycles. The Bertz CT molecular complexity index is 690. The number of rotatable bonds is 3. The van der Waals surface area contributed by atoms with Crippen LogP contribution in [0.2, 0.25) is 0 Å². The maximum Gasteiger partial charge on any atom is 0.226 e. The van der Waals surface area contributed by atoms with Gasteiger partial charge in [-0.25, -0.2) is 22.8 Å². The van der Waals surface area contributed by atoms with Gasteiger partial charge in [0.25, 0.3) is 0 Å². The van der Waals surface area contributed by atoms with Gasteiger partial charge >= 0.3 is 0 Å². The predicted molar refractivity (Wildman–Crippen MR) is 71.2 cm³/mol. The highest BCUT2D eigenvalue weighted by atomic mass is 79.9. The second-order valence-electron chi connectivity index (χ2n) is 3.81. The van der Waals surface area contributed by atoms with Crippen LogP contribution in [0.4, 0.5) is 4.39 Å². The Morgan fingerprint density at radius 3 is 2.42 bits per heavy atom. The van der Waals surface area contributed by atoms with Crippen molar-refractivity contribution < 1.29 is 12.8 Å². The van der Waals surface area contributed by atoms with Crippen LogP contribution in [0.15, 0.2) is 46.6 Å². The van der Waals surface area contributed by atoms with Crippen molar-refractivity contribution >= 4 is 25.8 Å². The van der Waals surface area contributed by atoms with E-state index in [4.69, 9.17) is 0 Å². The molecule has 0 aliphatic heterocycles. The maximum atomic E-state index is 14.2. The SMILES string of the molecule is CC(Br)c1ncnc(S(=O)(=O)c2ccccc2)c1F. The Hall–Kier alpha value is -1.34. The van der Waals surface area contributed by atoms with Crippen LogP contribution in [0.1, 0.15) is 17.4 Å². The highest BCUT2D eigenvalue weighted by molar-refractivity contribution is 9.09. The normalized spacial score (nSPS) is 13.2. The zero-order valence-electron chi connectivity index (χ0n) is 9.92. The third-order valence-electron chi connectivity index (χ3n) is 2.47. The molecule has 7 heteroatoms. The molecular weight excluding hydrogens is 335 g/mol. The van der Waals surface area contributed by atoms with Crippen molar-refractivity contribution in [2.45, 2.75) is 21.7 Å². The van der Waals surface area contributed by atoms with Crippen molar-refractivity contribution in [3.8, 4) is 0 Å². The van der Waals surface area contributed by atoms with Gasteiger partial charge in [0.05, 0.1) is 15.4 Å². The quantitative estimate of drug-likeness (QED) is 0.634. The van der Waals surface area contributed by atoms with Gasteiger partial charge in [0.2, 0.25) is 9.84 Å². The molecule has 0 saturated carbocycles. The highest BCUT2D eigenvalue weighted by Crippen LogP contribution is 2.27. The standard InChI is InChI=1S/C12H10BrFN2O2S/c1-8(13)11-10(14)12(16-7-15-11)19(17,18)9-5-3-2-4-6-9/h2-8H,1H3. The Kier molecular flexibility index (Phi) is 3.96. The second kappa shape index (κ2) is 5.34. The summed E-state index contributed by atoms with van der Waals surface area (Å²) in [5, 5.41) is -0.602. The molecule has 0 bridgehead atoms. The Morgan fingerprint density at radius 1 is 1.21 bits per heavy atom. The molecule has 0 amide bonds. The van der Waals surface area contributed by atoms with Gasteiger partial charge in [-0.2, -0.15) is 0 Å². The van der Waals surface area contributed by atoms with E-state index in [0.29, 0.717) is 0 Å². The van der Waals surface area contributed by atoms with Gasteiger partial charge in [0.15, 0.2) is 10.8 Å². The van der Waals surface area contributed by atoms with Gasteiger partial charge < -0.3 is 0 Å². The van der Waals surface area contributed by atoms with Crippen molar-refractivity contribution in [3.05, 3.63) is 48.2 Å². The second-order valence-corrected chi connectivity index (χ2v) is 7.05. The molecule has 2 aromatic rings. The van der Waals surface area contributed by atoms with E-state index in [-0.39, 0.29) is 10.6 Å². The van der Waals surface area contributed by atoms with Crippen LogP contribution in [0.25, 0.3) is 0 Å². The first kappa shape index (κ1) is 14.1. The van der Waals surface area contributed by atoms with Crippen LogP contribution in [0.3, 0.4) is 0 Å². The fraction of sp³-hybridized carbons (Fsp3) is 0.167. The number of hydrogen-bond donors (Lipinski definition) is 0. The lowest BCUT2D eigenvalue weighted by molar-refractivity contribution is 0.535. The average molecular weight is 345 g/mol. The zero-order chi connectivity index (χ0) is 14.0. The van der Waals surface area contributed by atoms with Crippen LogP contribution < -0.4 is 0 Å². The first-order valence-electron chi connectivity index (χ1n) is 5.39. The number of aromatic nitrogens is 2. The maximum absolute atomic E-state index is 14.2. The summed E-state index contributed by atoms with van der Waals surface area (Å²) >= 11 is 3.17. The lowest BCUT2D eigenvalue weighted by Gasteiger charge is -2.08. The molecule has 19 heavy (non-hydrogen) atoms. The van der Waals surface area contributed by atoms with Crippen LogP contribution in [0, 0.1) is 5.82 Å². The summed E-state index contributed by atoms with van der Waals surface area (Å²) in [4.78, 5) is 6.92. The number of halogens is 2. The van der Waals surface area contributed by atoms with E-state index in [9.17, 15) is 12.8 Å². The van der Waals surface area contributed by atoms with Crippen molar-refractivity contribution in [3.63, 3.8) is 0 Å². The minimum atomic E-state index is -3.97. The van der Waals surface area contributed by atoms with E-state index in [2.05, 4.69) is 25.9 Å². The molecular formula is C12H10BrFN2O2S. The molecule has 0 radical (unpaired) electrons. The summed E-state index contributed by atoms with van der Waals surface area (Å²) in [6.45, 7) is 1.66. The van der Waals surface area contributed by atoms with E-state index < -0.39 is 25.5 Å². The van der Waals surface area contributed by atoms with Gasteiger partial charge in [-0.3, -0.25) is 0 Å². The molecule has 0 aliphatic carbocycles. The summed E-state index contributed by atoms with van der Waals surface area (Å²) in [6, 6.07) is 7.61. The smallest absolute Gasteiger partial charge is 0.226 e. The topological polar surface area (TPSA) is 59.9 Å². The molecule has 4 nitrogen and oxygen atoms in total. The van der Waals surface area contributed by atoms with E-state index in [0.717, 1.165) is 6.33 Å². The number of sulfone groups is 1. The van der Waals surface area contributed by atoms with E-state index in [1.165, 1.54) is 12.1 Å². The van der Waals surface area contributed by atoms with E-state index in [1.54, 1.807) is 25.1 Å². The van der Waals surface area contributed by atoms with Gasteiger partial charge in [-0.15, -0.1) is 0 Å². The van der Waals surface area contributed by atoms with E-state index >= 15 is 0 Å². The van der Waals surface area contributed by atoms with Crippen molar-refractivity contribution in [2.24, 2.45) is 0 Å². The third-order valence-corrected chi connectivity index (χ3v) is 4.59. The van der Waals surface area contributed by atoms with Crippen molar-refractivity contribution in [2.75, 3.05) is 0 Å². The van der Waals surface area contributed by atoms with Crippen LogP contribution in [-0.2, 0) is 9.84 Å². The molecule has 2 rings (SSSR count). The van der Waals surface area contributed by atoms with Gasteiger partial charge in [-0.1, -0.05) is 34.1 Å². The molecule has 0 fully saturated rings. The lowest BCUT2D eigenvalue weighted by atomic mass is 10.3. The minimum absolute atomic E-state index is 0.000718. The van der Waals surface area contributed by atoms with Crippen LogP contribution in [0.5, 0.6) is 0 Å². The zero-order valence-corrected chi connectivity index (χ0v) is 12.3. The summed E-state index contributed by atoms with van der Waals surface area (Å²) in [5.74, 6) is -0.921. The van der Waals surface area contributed by atoms with Crippen LogP contribution in [-0.4, -0.2) is 18.4 Å². The summed E-state index contributed by atoms with van der Waals surface area (Å²) in [5.41, 5.74) is 0.0181. The molecule has 0 N–H and O–H groups in total. The van der Waals surface area contributed by atoms with Crippen molar-refractivity contribution in [1.82, 2.24) is 9.97 Å². The Labute approximate surface area is 118 Å². The van der Waals surface area contributed by atoms with Gasteiger partial charge in [-0.05, 0) is 19.1 Å². The molecule has 0 spiro atoms. The van der Waals surface area contributed by atoms with Crippen LogP contribution >= 0.6 is 15.9 Å². The summed E-state index contributed by atoms with van der Waals surface area (Å²) in [6.07, 6.45) is 1.05. The van der Waals surface area contributed by atoms with E-state index in [1.807, 2.05) is 0 Å². The molecule has 1 aromatic carbocycles. The predicted octanol–water partition coefficient (Wildman–Crippen LogP) is 2.90. The third kappa shape index (κ3) is 2.66. The molecule has 0 aliphatic rings. The Balaban J connectivity index is 2.63.